The van der Waals surface area contributed by atoms with Gasteiger partial charge in [-0.15, -0.1) is 24.1 Å². The van der Waals surface area contributed by atoms with E-state index < -0.39 is 42.0 Å². The third-order valence-electron chi connectivity index (χ3n) is 9.23. The number of hydrogen-bond acceptors (Lipinski definition) is 7. The molecule has 10 heteroatoms. The number of likely N-dealkylation sites (N-methyl/N-ethyl adjacent to an activating group) is 1. The molecule has 5 atom stereocenters. The second-order valence-corrected chi connectivity index (χ2v) is 14.6. The van der Waals surface area contributed by atoms with E-state index in [9.17, 15) is 24.6 Å². The van der Waals surface area contributed by atoms with Crippen molar-refractivity contribution in [3.63, 3.8) is 0 Å². The number of carbonyl (C=O) groups excluding carboxylic acids is 3. The summed E-state index contributed by atoms with van der Waals surface area (Å²) in [7, 11) is 1.77. The Hall–Kier alpha value is -2.58. The van der Waals surface area contributed by atoms with Crippen molar-refractivity contribution in [1.82, 2.24) is 20.4 Å². The highest BCUT2D eigenvalue weighted by Crippen LogP contribution is 2.29. The Kier molecular flexibility index (Phi) is 16.4. The van der Waals surface area contributed by atoms with Gasteiger partial charge in [0, 0.05) is 51.2 Å². The zero-order valence-electron chi connectivity index (χ0n) is 28.0. The highest BCUT2D eigenvalue weighted by molar-refractivity contribution is 7.99. The fourth-order valence-corrected chi connectivity index (χ4v) is 7.46. The van der Waals surface area contributed by atoms with E-state index in [0.717, 1.165) is 56.0 Å². The van der Waals surface area contributed by atoms with Crippen LogP contribution in [0.3, 0.4) is 0 Å². The molecule has 0 bridgehead atoms. The van der Waals surface area contributed by atoms with E-state index in [1.807, 2.05) is 55.9 Å². The van der Waals surface area contributed by atoms with Crippen molar-refractivity contribution in [3.8, 4) is 12.3 Å². The summed E-state index contributed by atoms with van der Waals surface area (Å²) in [5.74, 6) is 3.34. The molecule has 1 unspecified atom stereocenters. The van der Waals surface area contributed by atoms with Gasteiger partial charge in [-0.3, -0.25) is 19.3 Å². The summed E-state index contributed by atoms with van der Waals surface area (Å²) in [5.41, 5.74) is 0.917. The van der Waals surface area contributed by atoms with Crippen LogP contribution in [0.15, 0.2) is 30.3 Å². The van der Waals surface area contributed by atoms with Crippen LogP contribution < -0.4 is 10.6 Å². The monoisotopic (exact) mass is 656 g/mol. The first-order valence-electron chi connectivity index (χ1n) is 17.1. The van der Waals surface area contributed by atoms with Crippen LogP contribution in [0.4, 0.5) is 0 Å². The van der Waals surface area contributed by atoms with Crippen LogP contribution in [0.2, 0.25) is 0 Å². The van der Waals surface area contributed by atoms with Crippen molar-refractivity contribution < 1.29 is 24.6 Å². The number of carbonyl (C=O) groups is 3. The molecule has 0 spiro atoms. The van der Waals surface area contributed by atoms with Crippen LogP contribution in [0, 0.1) is 30.1 Å². The van der Waals surface area contributed by atoms with Crippen molar-refractivity contribution in [2.75, 3.05) is 38.3 Å². The molecule has 3 rings (SSSR count). The molecule has 1 aromatic carbocycles. The van der Waals surface area contributed by atoms with Gasteiger partial charge in [-0.1, -0.05) is 76.3 Å². The van der Waals surface area contributed by atoms with Gasteiger partial charge in [0.1, 0.15) is 12.1 Å². The highest BCUT2D eigenvalue weighted by atomic mass is 32.2. The Morgan fingerprint density at radius 1 is 1.09 bits per heavy atom. The minimum Gasteiger partial charge on any atom is -0.390 e. The van der Waals surface area contributed by atoms with Crippen molar-refractivity contribution in [2.24, 2.45) is 17.8 Å². The molecule has 1 saturated heterocycles. The third kappa shape index (κ3) is 12.9. The minimum absolute atomic E-state index is 0.000778. The molecule has 46 heavy (non-hydrogen) atoms. The molecule has 9 nitrogen and oxygen atoms in total. The van der Waals surface area contributed by atoms with E-state index in [2.05, 4.69) is 21.5 Å². The van der Waals surface area contributed by atoms with Crippen LogP contribution >= 0.6 is 11.8 Å². The number of aliphatic hydroxyl groups is 2. The van der Waals surface area contributed by atoms with Crippen LogP contribution in [0.1, 0.15) is 77.2 Å². The molecule has 1 aliphatic carbocycles. The molecule has 2 fully saturated rings. The average molecular weight is 657 g/mol. The maximum Gasteiger partial charge on any atom is 0.243 e. The van der Waals surface area contributed by atoms with E-state index in [1.54, 1.807) is 11.9 Å². The third-order valence-corrected chi connectivity index (χ3v) is 10.3. The minimum atomic E-state index is -1.14. The Morgan fingerprint density at radius 3 is 2.43 bits per heavy atom. The summed E-state index contributed by atoms with van der Waals surface area (Å²) in [6.07, 6.45) is 10.2. The van der Waals surface area contributed by atoms with Crippen molar-refractivity contribution in [2.45, 2.75) is 102 Å². The number of amides is 3. The van der Waals surface area contributed by atoms with E-state index >= 15 is 0 Å². The number of aliphatic hydroxyl groups excluding tert-OH is 2. The number of hydrogen-bond donors (Lipinski definition) is 4. The summed E-state index contributed by atoms with van der Waals surface area (Å²) in [4.78, 5) is 44.8. The standard InChI is InChI=1S/C36H56N4O5S/c1-5-12-30(36(45)38-31(23-28-15-10-7-11-16-28)34(43)32(41)21-26(2)3)37-35(44)29(22-27-13-8-6-9-14-27)24-33(42)39(4)17-18-40-19-20-46-25-40/h1,6,8-9,13-14,26,28-32,34,41,43H,7,10-12,15-25H2,2-4H3,(H,37,44)(H,38,45)/t29-,30+,31?,32+,34-/m1/s1. The Balaban J connectivity index is 1.72. The molecule has 1 saturated carbocycles. The Bertz CT molecular complexity index is 1120. The molecule has 1 heterocycles. The van der Waals surface area contributed by atoms with Crippen LogP contribution in [0.5, 0.6) is 0 Å². The predicted molar refractivity (Wildman–Crippen MR) is 185 cm³/mol. The van der Waals surface area contributed by atoms with Gasteiger partial charge in [0.05, 0.1) is 18.1 Å². The molecular weight excluding hydrogens is 600 g/mol. The van der Waals surface area contributed by atoms with Gasteiger partial charge in [0.25, 0.3) is 0 Å². The first kappa shape index (κ1) is 37.9. The van der Waals surface area contributed by atoms with Crippen molar-refractivity contribution in [1.29, 1.82) is 0 Å². The Morgan fingerprint density at radius 2 is 1.80 bits per heavy atom. The predicted octanol–water partition coefficient (Wildman–Crippen LogP) is 3.43. The molecule has 2 aliphatic rings. The first-order chi connectivity index (χ1) is 22.1. The zero-order chi connectivity index (χ0) is 33.5. The maximum absolute atomic E-state index is 13.8. The molecular formula is C36H56N4O5S. The van der Waals surface area contributed by atoms with Gasteiger partial charge in [0.2, 0.25) is 17.7 Å². The molecule has 1 aromatic rings. The fraction of sp³-hybridized carbons (Fsp3) is 0.694. The normalized spacial score (nSPS) is 19.1. The van der Waals surface area contributed by atoms with Gasteiger partial charge in [-0.25, -0.2) is 0 Å². The highest BCUT2D eigenvalue weighted by Gasteiger charge is 2.34. The van der Waals surface area contributed by atoms with Gasteiger partial charge >= 0.3 is 0 Å². The topological polar surface area (TPSA) is 122 Å². The quantitative estimate of drug-likeness (QED) is 0.179. The zero-order valence-corrected chi connectivity index (χ0v) is 28.9. The number of thioether (sulfide) groups is 1. The van der Waals surface area contributed by atoms with Crippen molar-refractivity contribution in [3.05, 3.63) is 35.9 Å². The van der Waals surface area contributed by atoms with E-state index in [1.165, 1.54) is 6.42 Å². The summed E-state index contributed by atoms with van der Waals surface area (Å²) in [6.45, 7) is 6.33. The molecule has 4 N–H and O–H groups in total. The average Bonchev–Trinajstić information content (AvgIpc) is 3.57. The summed E-state index contributed by atoms with van der Waals surface area (Å²) in [5, 5.41) is 27.8. The largest absolute Gasteiger partial charge is 0.390 e. The lowest BCUT2D eigenvalue weighted by Crippen LogP contribution is -2.56. The number of nitrogens with one attached hydrogen (secondary N) is 2. The smallest absolute Gasteiger partial charge is 0.243 e. The Labute approximate surface area is 280 Å². The molecule has 0 aromatic heterocycles. The van der Waals surface area contributed by atoms with E-state index in [0.29, 0.717) is 31.7 Å². The number of benzene rings is 1. The second-order valence-electron chi connectivity index (χ2n) is 13.6. The number of rotatable bonds is 18. The summed E-state index contributed by atoms with van der Waals surface area (Å²) < 4.78 is 0. The van der Waals surface area contributed by atoms with Gasteiger partial charge in [-0.05, 0) is 36.7 Å². The summed E-state index contributed by atoms with van der Waals surface area (Å²) in [6, 6.07) is 7.82. The molecule has 0 radical (unpaired) electrons. The lowest BCUT2D eigenvalue weighted by Gasteiger charge is -2.33. The lowest BCUT2D eigenvalue weighted by atomic mass is 9.82. The van der Waals surface area contributed by atoms with Gasteiger partial charge in [-0.2, -0.15) is 0 Å². The lowest BCUT2D eigenvalue weighted by molar-refractivity contribution is -0.137. The van der Waals surface area contributed by atoms with Crippen molar-refractivity contribution >= 4 is 29.5 Å². The number of nitrogens with zero attached hydrogens (tertiary/aromatic N) is 2. The van der Waals surface area contributed by atoms with Crippen LogP contribution in [-0.2, 0) is 20.8 Å². The molecule has 3 amide bonds. The maximum atomic E-state index is 13.8. The van der Waals surface area contributed by atoms with E-state index in [-0.39, 0.29) is 24.7 Å². The van der Waals surface area contributed by atoms with Crippen LogP contribution in [-0.4, -0.2) is 100 Å². The van der Waals surface area contributed by atoms with Crippen LogP contribution in [0.25, 0.3) is 0 Å². The molecule has 256 valence electrons. The molecule has 1 aliphatic heterocycles. The van der Waals surface area contributed by atoms with E-state index in [4.69, 9.17) is 6.42 Å². The van der Waals surface area contributed by atoms with Gasteiger partial charge in [0.15, 0.2) is 0 Å². The second kappa shape index (κ2) is 19.9. The summed E-state index contributed by atoms with van der Waals surface area (Å²) >= 11 is 1.88. The SMILES string of the molecule is C#CC[C@H](NC(=O)[C@@H](CC(=O)N(C)CCN1CCSC1)Cc1ccccc1)C(=O)NC(CC1CCCCC1)[C@@H](O)[C@@H](O)CC(C)C. The first-order valence-corrected chi connectivity index (χ1v) is 18.2. The number of terminal acetylenes is 1. The van der Waals surface area contributed by atoms with Gasteiger partial charge < -0.3 is 25.7 Å². The fourth-order valence-electron chi connectivity index (χ4n) is 6.42.